The minimum atomic E-state index is -0.0328. The summed E-state index contributed by atoms with van der Waals surface area (Å²) in [4.78, 5) is 11.6. The van der Waals surface area contributed by atoms with Gasteiger partial charge in [-0.05, 0) is 44.9 Å². The van der Waals surface area contributed by atoms with Crippen LogP contribution in [0.3, 0.4) is 0 Å². The lowest BCUT2D eigenvalue weighted by Crippen LogP contribution is -2.37. The van der Waals surface area contributed by atoms with Crippen LogP contribution in [-0.2, 0) is 9.53 Å². The molecule has 0 amide bonds. The summed E-state index contributed by atoms with van der Waals surface area (Å²) in [5.74, 6) is -0.0328. The van der Waals surface area contributed by atoms with Gasteiger partial charge in [0.05, 0.1) is 13.0 Å². The molecule has 0 aromatic heterocycles. The second kappa shape index (κ2) is 5.52. The fourth-order valence-electron chi connectivity index (χ4n) is 2.89. The standard InChI is InChI=1S/C13H23BrO2/c1-4-13(9-11(15)16-5-2)8-6-7-12(3,14)10-13/h4-10H2,1-3H3. The topological polar surface area (TPSA) is 26.3 Å². The average Bonchev–Trinajstić information content (AvgIpc) is 2.16. The summed E-state index contributed by atoms with van der Waals surface area (Å²) >= 11 is 3.79. The van der Waals surface area contributed by atoms with Crippen molar-refractivity contribution in [3.63, 3.8) is 0 Å². The van der Waals surface area contributed by atoms with Crippen molar-refractivity contribution in [3.8, 4) is 0 Å². The number of carbonyl (C=O) groups is 1. The molecule has 1 fully saturated rings. The highest BCUT2D eigenvalue weighted by atomic mass is 79.9. The molecule has 2 unspecified atom stereocenters. The second-order valence-corrected chi connectivity index (χ2v) is 7.19. The molecule has 0 aliphatic heterocycles. The lowest BCUT2D eigenvalue weighted by Gasteiger charge is -2.43. The van der Waals surface area contributed by atoms with Gasteiger partial charge in [-0.25, -0.2) is 0 Å². The maximum atomic E-state index is 11.6. The fraction of sp³-hybridized carbons (Fsp3) is 0.923. The van der Waals surface area contributed by atoms with Gasteiger partial charge in [0.2, 0.25) is 0 Å². The number of carbonyl (C=O) groups excluding carboxylic acids is 1. The van der Waals surface area contributed by atoms with Crippen LogP contribution < -0.4 is 0 Å². The van der Waals surface area contributed by atoms with Gasteiger partial charge in [-0.1, -0.05) is 29.3 Å². The van der Waals surface area contributed by atoms with Crippen LogP contribution in [0.5, 0.6) is 0 Å². The zero-order valence-corrected chi connectivity index (χ0v) is 12.2. The van der Waals surface area contributed by atoms with Crippen molar-refractivity contribution in [2.45, 2.75) is 63.6 Å². The molecule has 0 spiro atoms. The third-order valence-electron chi connectivity index (χ3n) is 3.72. The number of hydrogen-bond acceptors (Lipinski definition) is 2. The molecule has 0 saturated heterocycles. The predicted molar refractivity (Wildman–Crippen MR) is 69.8 cm³/mol. The van der Waals surface area contributed by atoms with E-state index in [9.17, 15) is 4.79 Å². The van der Waals surface area contributed by atoms with Gasteiger partial charge in [0.1, 0.15) is 0 Å². The van der Waals surface area contributed by atoms with Crippen LogP contribution in [-0.4, -0.2) is 16.9 Å². The molecule has 16 heavy (non-hydrogen) atoms. The highest BCUT2D eigenvalue weighted by Gasteiger charge is 2.41. The Labute approximate surface area is 107 Å². The van der Waals surface area contributed by atoms with Crippen molar-refractivity contribution in [2.75, 3.05) is 6.61 Å². The summed E-state index contributed by atoms with van der Waals surface area (Å²) in [6.07, 6.45) is 6.29. The Bertz CT molecular complexity index is 250. The van der Waals surface area contributed by atoms with Gasteiger partial charge >= 0.3 is 5.97 Å². The molecular weight excluding hydrogens is 268 g/mol. The van der Waals surface area contributed by atoms with Crippen molar-refractivity contribution in [2.24, 2.45) is 5.41 Å². The monoisotopic (exact) mass is 290 g/mol. The Balaban J connectivity index is 2.66. The van der Waals surface area contributed by atoms with Crippen LogP contribution >= 0.6 is 15.9 Å². The van der Waals surface area contributed by atoms with Crippen molar-refractivity contribution in [3.05, 3.63) is 0 Å². The molecule has 1 aliphatic rings. The Morgan fingerprint density at radius 1 is 1.38 bits per heavy atom. The predicted octanol–water partition coefficient (Wildman–Crippen LogP) is 4.06. The fourth-order valence-corrected chi connectivity index (χ4v) is 3.76. The van der Waals surface area contributed by atoms with E-state index >= 15 is 0 Å². The summed E-state index contributed by atoms with van der Waals surface area (Å²) < 4.78 is 5.29. The summed E-state index contributed by atoms with van der Waals surface area (Å²) in [7, 11) is 0. The van der Waals surface area contributed by atoms with Crippen molar-refractivity contribution in [1.82, 2.24) is 0 Å². The highest BCUT2D eigenvalue weighted by Crippen LogP contribution is 2.49. The molecule has 0 heterocycles. The van der Waals surface area contributed by atoms with Crippen molar-refractivity contribution >= 4 is 21.9 Å². The average molecular weight is 291 g/mol. The first kappa shape index (κ1) is 14.0. The van der Waals surface area contributed by atoms with E-state index in [0.717, 1.165) is 19.3 Å². The first-order valence-electron chi connectivity index (χ1n) is 6.27. The van der Waals surface area contributed by atoms with Crippen LogP contribution in [0, 0.1) is 5.41 Å². The molecule has 0 N–H and O–H groups in total. The van der Waals surface area contributed by atoms with E-state index in [4.69, 9.17) is 4.74 Å². The molecule has 0 aromatic rings. The van der Waals surface area contributed by atoms with Crippen LogP contribution in [0.15, 0.2) is 0 Å². The van der Waals surface area contributed by atoms with Crippen LogP contribution in [0.2, 0.25) is 0 Å². The van der Waals surface area contributed by atoms with E-state index in [-0.39, 0.29) is 15.7 Å². The Morgan fingerprint density at radius 2 is 2.06 bits per heavy atom. The van der Waals surface area contributed by atoms with Gasteiger partial charge < -0.3 is 4.74 Å². The molecule has 1 aliphatic carbocycles. The summed E-state index contributed by atoms with van der Waals surface area (Å²) in [6, 6.07) is 0. The number of ether oxygens (including phenoxy) is 1. The summed E-state index contributed by atoms with van der Waals surface area (Å²) in [5, 5.41) is 0. The van der Waals surface area contributed by atoms with Gasteiger partial charge in [-0.15, -0.1) is 0 Å². The molecule has 0 bridgehead atoms. The molecule has 0 radical (unpaired) electrons. The van der Waals surface area contributed by atoms with Crippen molar-refractivity contribution < 1.29 is 9.53 Å². The lowest BCUT2D eigenvalue weighted by molar-refractivity contribution is -0.146. The van der Waals surface area contributed by atoms with Gasteiger partial charge in [-0.2, -0.15) is 0 Å². The number of rotatable bonds is 4. The van der Waals surface area contributed by atoms with Crippen molar-refractivity contribution in [1.29, 1.82) is 0 Å². The number of halogens is 1. The Hall–Kier alpha value is -0.0500. The SMILES string of the molecule is CCOC(=O)CC1(CC)CCCC(C)(Br)C1. The zero-order valence-electron chi connectivity index (χ0n) is 10.6. The molecular formula is C13H23BrO2. The lowest BCUT2D eigenvalue weighted by atomic mass is 9.66. The molecule has 2 atom stereocenters. The van der Waals surface area contributed by atoms with Gasteiger partial charge in [0.25, 0.3) is 0 Å². The Kier molecular flexibility index (Phi) is 4.84. The summed E-state index contributed by atoms with van der Waals surface area (Å²) in [5.41, 5.74) is 0.156. The number of alkyl halides is 1. The number of esters is 1. The largest absolute Gasteiger partial charge is 0.466 e. The zero-order chi connectivity index (χ0) is 12.2. The maximum Gasteiger partial charge on any atom is 0.306 e. The van der Waals surface area contributed by atoms with Gasteiger partial charge in [-0.3, -0.25) is 4.79 Å². The van der Waals surface area contributed by atoms with Gasteiger partial charge in [0, 0.05) is 4.32 Å². The van der Waals surface area contributed by atoms with Crippen LogP contribution in [0.1, 0.15) is 59.3 Å². The van der Waals surface area contributed by atoms with E-state index in [1.165, 1.54) is 12.8 Å². The van der Waals surface area contributed by atoms with E-state index < -0.39 is 0 Å². The molecule has 0 aromatic carbocycles. The van der Waals surface area contributed by atoms with Gasteiger partial charge in [0.15, 0.2) is 0 Å². The molecule has 2 nitrogen and oxygen atoms in total. The minimum absolute atomic E-state index is 0.0328. The van der Waals surface area contributed by atoms with E-state index in [1.54, 1.807) is 0 Å². The third-order valence-corrected chi connectivity index (χ3v) is 4.40. The van der Waals surface area contributed by atoms with Crippen LogP contribution in [0.4, 0.5) is 0 Å². The van der Waals surface area contributed by atoms with E-state index in [2.05, 4.69) is 29.8 Å². The molecule has 94 valence electrons. The Morgan fingerprint density at radius 3 is 2.56 bits per heavy atom. The first-order chi connectivity index (χ1) is 7.43. The molecule has 3 heteroatoms. The number of hydrogen-bond donors (Lipinski definition) is 0. The third kappa shape index (κ3) is 3.76. The second-order valence-electron chi connectivity index (χ2n) is 5.28. The smallest absolute Gasteiger partial charge is 0.306 e. The normalized spacial score (nSPS) is 34.8. The minimum Gasteiger partial charge on any atom is -0.466 e. The quantitative estimate of drug-likeness (QED) is 0.576. The van der Waals surface area contributed by atoms with E-state index in [1.807, 2.05) is 6.92 Å². The first-order valence-corrected chi connectivity index (χ1v) is 7.07. The molecule has 1 saturated carbocycles. The maximum absolute atomic E-state index is 11.6. The highest BCUT2D eigenvalue weighted by molar-refractivity contribution is 9.10. The summed E-state index contributed by atoms with van der Waals surface area (Å²) in [6.45, 7) is 6.78. The molecule has 1 rings (SSSR count). The van der Waals surface area contributed by atoms with E-state index in [0.29, 0.717) is 13.0 Å². The van der Waals surface area contributed by atoms with Crippen LogP contribution in [0.25, 0.3) is 0 Å².